The molecule has 0 amide bonds. The van der Waals surface area contributed by atoms with Crippen molar-refractivity contribution in [2.24, 2.45) is 0 Å². The first-order valence-electron chi connectivity index (χ1n) is 7.58. The zero-order chi connectivity index (χ0) is 15.8. The Labute approximate surface area is 139 Å². The molecule has 0 atom stereocenters. The first-order valence-corrected chi connectivity index (χ1v) is 7.96. The molecule has 0 N–H and O–H groups in total. The van der Waals surface area contributed by atoms with Crippen LogP contribution in [0.2, 0.25) is 5.02 Å². The Hall–Kier alpha value is -2.10. The normalized spacial score (nSPS) is 18.3. The first kappa shape index (κ1) is 14.5. The number of hydrogen-bond donors (Lipinski definition) is 0. The van der Waals surface area contributed by atoms with Crippen molar-refractivity contribution in [3.63, 3.8) is 0 Å². The highest BCUT2D eigenvalue weighted by Gasteiger charge is 2.23. The van der Waals surface area contributed by atoms with Gasteiger partial charge in [0.1, 0.15) is 5.75 Å². The van der Waals surface area contributed by atoms with Crippen LogP contribution < -0.4 is 4.74 Å². The number of allylic oxidation sites excluding steroid dienone is 1. The molecule has 0 saturated heterocycles. The van der Waals surface area contributed by atoms with Crippen molar-refractivity contribution in [3.8, 4) is 5.75 Å². The highest BCUT2D eigenvalue weighted by atomic mass is 35.5. The lowest BCUT2D eigenvalue weighted by Crippen LogP contribution is -2.15. The van der Waals surface area contributed by atoms with Gasteiger partial charge < -0.3 is 9.47 Å². The lowest BCUT2D eigenvalue weighted by molar-refractivity contribution is -0.0165. The Morgan fingerprint density at radius 3 is 2.87 bits per heavy atom. The Kier molecular flexibility index (Phi) is 3.68. The summed E-state index contributed by atoms with van der Waals surface area (Å²) in [6.07, 6.45) is 3.52. The molecule has 23 heavy (non-hydrogen) atoms. The molecule has 4 heteroatoms. The van der Waals surface area contributed by atoms with Crippen LogP contribution in [0.1, 0.15) is 33.5 Å². The van der Waals surface area contributed by atoms with E-state index in [-0.39, 0.29) is 12.6 Å². The average molecular weight is 327 g/mol. The van der Waals surface area contributed by atoms with E-state index in [2.05, 4.69) is 0 Å². The van der Waals surface area contributed by atoms with E-state index in [4.69, 9.17) is 21.1 Å². The van der Waals surface area contributed by atoms with E-state index in [1.54, 1.807) is 0 Å². The van der Waals surface area contributed by atoms with Crippen molar-refractivity contribution >= 4 is 23.5 Å². The summed E-state index contributed by atoms with van der Waals surface area (Å²) < 4.78 is 10.9. The molecule has 2 aliphatic rings. The maximum atomic E-state index is 12.7. The van der Waals surface area contributed by atoms with Crippen molar-refractivity contribution in [2.75, 3.05) is 6.79 Å². The summed E-state index contributed by atoms with van der Waals surface area (Å²) in [5, 5.41) is 0.619. The van der Waals surface area contributed by atoms with Crippen molar-refractivity contribution in [1.82, 2.24) is 0 Å². The van der Waals surface area contributed by atoms with Gasteiger partial charge >= 0.3 is 0 Å². The second kappa shape index (κ2) is 5.84. The summed E-state index contributed by atoms with van der Waals surface area (Å²) in [4.78, 5) is 12.7. The highest BCUT2D eigenvalue weighted by Crippen LogP contribution is 2.35. The lowest BCUT2D eigenvalue weighted by atomic mass is 9.86. The van der Waals surface area contributed by atoms with E-state index >= 15 is 0 Å². The number of carbonyl (C=O) groups excluding carboxylic acids is 1. The van der Waals surface area contributed by atoms with E-state index in [0.717, 1.165) is 46.4 Å². The van der Waals surface area contributed by atoms with Crippen LogP contribution in [0, 0.1) is 0 Å². The van der Waals surface area contributed by atoms with Crippen molar-refractivity contribution in [1.29, 1.82) is 0 Å². The molecule has 0 spiro atoms. The third-order valence-corrected chi connectivity index (χ3v) is 4.47. The number of halogens is 1. The predicted octanol–water partition coefficient (Wildman–Crippen LogP) is 4.42. The van der Waals surface area contributed by atoms with Crippen LogP contribution in [0.4, 0.5) is 0 Å². The number of ether oxygens (including phenoxy) is 2. The van der Waals surface area contributed by atoms with Crippen molar-refractivity contribution < 1.29 is 14.3 Å². The number of carbonyl (C=O) groups is 1. The minimum absolute atomic E-state index is 0.0904. The van der Waals surface area contributed by atoms with E-state index in [1.165, 1.54) is 0 Å². The molecule has 2 aromatic rings. The first-order chi connectivity index (χ1) is 11.2. The van der Waals surface area contributed by atoms with Crippen molar-refractivity contribution in [3.05, 3.63) is 69.2 Å². The Balaban J connectivity index is 1.77. The molecule has 0 radical (unpaired) electrons. The molecule has 1 aliphatic heterocycles. The standard InChI is InChI=1S/C19H15ClO3/c20-16-8-14(19-15(9-16)10-22-11-23-19)7-13-6-5-12-3-1-2-4-17(12)18(13)21/h1-4,7-9H,5-6,10-11H2/b13-7-. The molecular formula is C19H15ClO3. The number of fused-ring (bicyclic) bond motifs is 2. The van der Waals surface area contributed by atoms with E-state index in [9.17, 15) is 4.79 Å². The predicted molar refractivity (Wildman–Crippen MR) is 88.8 cm³/mol. The van der Waals surface area contributed by atoms with Gasteiger partial charge in [0.05, 0.1) is 6.61 Å². The largest absolute Gasteiger partial charge is 0.467 e. The summed E-state index contributed by atoms with van der Waals surface area (Å²) in [6.45, 7) is 0.699. The maximum Gasteiger partial charge on any atom is 0.189 e. The van der Waals surface area contributed by atoms with Gasteiger partial charge in [-0.1, -0.05) is 35.9 Å². The Morgan fingerprint density at radius 2 is 1.96 bits per heavy atom. The SMILES string of the molecule is O=C1/C(=C\c2cc(Cl)cc3c2OCOC3)CCc2ccccc21. The van der Waals surface area contributed by atoms with Gasteiger partial charge in [-0.3, -0.25) is 4.79 Å². The highest BCUT2D eigenvalue weighted by molar-refractivity contribution is 6.31. The molecule has 3 nitrogen and oxygen atoms in total. The van der Waals surface area contributed by atoms with Crippen LogP contribution in [-0.4, -0.2) is 12.6 Å². The van der Waals surface area contributed by atoms with Crippen LogP contribution in [0.15, 0.2) is 42.0 Å². The molecule has 116 valence electrons. The summed E-state index contributed by atoms with van der Waals surface area (Å²) in [6, 6.07) is 11.5. The molecule has 0 unspecified atom stereocenters. The number of rotatable bonds is 1. The summed E-state index contributed by atoms with van der Waals surface area (Å²) in [5.74, 6) is 0.854. The fraction of sp³-hybridized carbons (Fsp3) is 0.211. The third-order valence-electron chi connectivity index (χ3n) is 4.25. The molecule has 0 aromatic heterocycles. The summed E-state index contributed by atoms with van der Waals surface area (Å²) in [5.41, 5.74) is 4.47. The molecule has 0 fully saturated rings. The van der Waals surface area contributed by atoms with Crippen LogP contribution >= 0.6 is 11.6 Å². The second-order valence-electron chi connectivity index (χ2n) is 5.75. The van der Waals surface area contributed by atoms with Gasteiger partial charge in [0, 0.05) is 27.3 Å². The summed E-state index contributed by atoms with van der Waals surface area (Å²) in [7, 11) is 0. The quantitative estimate of drug-likeness (QED) is 0.728. The Bertz CT molecular complexity index is 823. The molecule has 1 aliphatic carbocycles. The lowest BCUT2D eigenvalue weighted by Gasteiger charge is -2.21. The van der Waals surface area contributed by atoms with Gasteiger partial charge in [-0.2, -0.15) is 0 Å². The molecule has 0 bridgehead atoms. The minimum Gasteiger partial charge on any atom is -0.467 e. The molecule has 4 rings (SSSR count). The van der Waals surface area contributed by atoms with Gasteiger partial charge in [0.2, 0.25) is 0 Å². The smallest absolute Gasteiger partial charge is 0.189 e. The van der Waals surface area contributed by atoms with Gasteiger partial charge in [0.15, 0.2) is 12.6 Å². The number of hydrogen-bond acceptors (Lipinski definition) is 3. The second-order valence-corrected chi connectivity index (χ2v) is 6.19. The van der Waals surface area contributed by atoms with Crippen molar-refractivity contribution in [2.45, 2.75) is 19.4 Å². The molecular weight excluding hydrogens is 312 g/mol. The van der Waals surface area contributed by atoms with Gasteiger partial charge in [0.25, 0.3) is 0 Å². The zero-order valence-electron chi connectivity index (χ0n) is 12.5. The molecule has 2 aromatic carbocycles. The van der Waals surface area contributed by atoms with Gasteiger partial charge in [-0.15, -0.1) is 0 Å². The number of aryl methyl sites for hydroxylation is 1. The summed E-state index contributed by atoms with van der Waals surface area (Å²) >= 11 is 6.19. The fourth-order valence-corrected chi connectivity index (χ4v) is 3.41. The maximum absolute atomic E-state index is 12.7. The van der Waals surface area contributed by atoms with Crippen LogP contribution in [0.25, 0.3) is 6.08 Å². The monoisotopic (exact) mass is 326 g/mol. The van der Waals surface area contributed by atoms with E-state index in [0.29, 0.717) is 11.6 Å². The van der Waals surface area contributed by atoms with E-state index in [1.807, 2.05) is 42.5 Å². The average Bonchev–Trinajstić information content (AvgIpc) is 2.57. The minimum atomic E-state index is 0.0904. The molecule has 0 saturated carbocycles. The van der Waals surface area contributed by atoms with Gasteiger partial charge in [-0.05, 0) is 36.6 Å². The number of ketones is 1. The molecule has 1 heterocycles. The van der Waals surface area contributed by atoms with E-state index < -0.39 is 0 Å². The number of benzene rings is 2. The van der Waals surface area contributed by atoms with Crippen LogP contribution in [-0.2, 0) is 17.8 Å². The zero-order valence-corrected chi connectivity index (χ0v) is 13.2. The topological polar surface area (TPSA) is 35.5 Å². The van der Waals surface area contributed by atoms with Crippen LogP contribution in [0.5, 0.6) is 5.75 Å². The third kappa shape index (κ3) is 2.67. The van der Waals surface area contributed by atoms with Gasteiger partial charge in [-0.25, -0.2) is 0 Å². The fourth-order valence-electron chi connectivity index (χ4n) is 3.16. The van der Waals surface area contributed by atoms with Crippen LogP contribution in [0.3, 0.4) is 0 Å². The number of Topliss-reactive ketones (excluding diaryl/α,β-unsaturated/α-hetero) is 1. The Morgan fingerprint density at radius 1 is 1.09 bits per heavy atom.